The Hall–Kier alpha value is -1.42. The fourth-order valence-electron chi connectivity index (χ4n) is 2.39. The van der Waals surface area contributed by atoms with Crippen LogP contribution in [0, 0.1) is 5.92 Å². The second-order valence-electron chi connectivity index (χ2n) is 4.64. The number of rotatable bonds is 4. The van der Waals surface area contributed by atoms with Gasteiger partial charge in [-0.1, -0.05) is 0 Å². The lowest BCUT2D eigenvalue weighted by Gasteiger charge is -2.10. The monoisotopic (exact) mass is 234 g/mol. The molecule has 0 bridgehead atoms. The Morgan fingerprint density at radius 3 is 3.12 bits per heavy atom. The van der Waals surface area contributed by atoms with Gasteiger partial charge in [-0.2, -0.15) is 0 Å². The molecule has 2 N–H and O–H groups in total. The van der Waals surface area contributed by atoms with Gasteiger partial charge < -0.3 is 20.1 Å². The molecule has 1 saturated heterocycles. The molecule has 2 aliphatic heterocycles. The van der Waals surface area contributed by atoms with Crippen LogP contribution in [0.3, 0.4) is 0 Å². The Morgan fingerprint density at radius 2 is 2.24 bits per heavy atom. The molecule has 0 aliphatic carbocycles. The minimum absolute atomic E-state index is 0.340. The van der Waals surface area contributed by atoms with Gasteiger partial charge in [-0.15, -0.1) is 0 Å². The lowest BCUT2D eigenvalue weighted by atomic mass is 10.1. The first-order valence-electron chi connectivity index (χ1n) is 6.26. The molecule has 17 heavy (non-hydrogen) atoms. The van der Waals surface area contributed by atoms with Crippen molar-refractivity contribution in [2.24, 2.45) is 5.92 Å². The standard InChI is InChI=1S/C13H18N2O2/c1-2-12-13(17-9-16-12)7-11(1)15-6-4-10-3-5-14-8-10/h1-2,7,10,14-15H,3-6,8-9H2. The second-order valence-corrected chi connectivity index (χ2v) is 4.64. The molecule has 0 spiro atoms. The van der Waals surface area contributed by atoms with E-state index in [0.29, 0.717) is 6.79 Å². The maximum absolute atomic E-state index is 5.35. The molecule has 0 saturated carbocycles. The van der Waals surface area contributed by atoms with Crippen molar-refractivity contribution in [2.45, 2.75) is 12.8 Å². The van der Waals surface area contributed by atoms with Gasteiger partial charge in [0.05, 0.1) is 0 Å². The van der Waals surface area contributed by atoms with Crippen molar-refractivity contribution in [2.75, 3.05) is 31.7 Å². The molecule has 0 radical (unpaired) electrons. The molecule has 3 rings (SSSR count). The lowest BCUT2D eigenvalue weighted by molar-refractivity contribution is 0.174. The van der Waals surface area contributed by atoms with Gasteiger partial charge in [0, 0.05) is 18.3 Å². The van der Waals surface area contributed by atoms with E-state index in [1.165, 1.54) is 25.9 Å². The van der Waals surface area contributed by atoms with E-state index in [-0.39, 0.29) is 0 Å². The molecule has 1 fully saturated rings. The molecule has 4 nitrogen and oxygen atoms in total. The highest BCUT2D eigenvalue weighted by Crippen LogP contribution is 2.34. The Morgan fingerprint density at radius 1 is 1.29 bits per heavy atom. The summed E-state index contributed by atoms with van der Waals surface area (Å²) in [6, 6.07) is 6.01. The molecule has 2 heterocycles. The fraction of sp³-hybridized carbons (Fsp3) is 0.538. The van der Waals surface area contributed by atoms with Gasteiger partial charge >= 0.3 is 0 Å². The van der Waals surface area contributed by atoms with Gasteiger partial charge in [0.1, 0.15) is 0 Å². The molecule has 1 aromatic rings. The van der Waals surface area contributed by atoms with E-state index in [0.717, 1.165) is 29.6 Å². The summed E-state index contributed by atoms with van der Waals surface area (Å²) in [5.41, 5.74) is 1.11. The zero-order valence-corrected chi connectivity index (χ0v) is 9.87. The summed E-state index contributed by atoms with van der Waals surface area (Å²) in [6.07, 6.45) is 2.53. The number of anilines is 1. The number of benzene rings is 1. The molecule has 1 unspecified atom stereocenters. The van der Waals surface area contributed by atoms with Crippen LogP contribution in [-0.2, 0) is 0 Å². The van der Waals surface area contributed by atoms with Crippen LogP contribution in [0.2, 0.25) is 0 Å². The molecular formula is C13H18N2O2. The van der Waals surface area contributed by atoms with Crippen LogP contribution in [-0.4, -0.2) is 26.4 Å². The van der Waals surface area contributed by atoms with Crippen molar-refractivity contribution in [3.63, 3.8) is 0 Å². The van der Waals surface area contributed by atoms with Crippen molar-refractivity contribution < 1.29 is 9.47 Å². The van der Waals surface area contributed by atoms with Crippen LogP contribution < -0.4 is 20.1 Å². The van der Waals surface area contributed by atoms with Gasteiger partial charge in [0.2, 0.25) is 6.79 Å². The Kier molecular flexibility index (Phi) is 3.05. The van der Waals surface area contributed by atoms with Crippen molar-refractivity contribution >= 4 is 5.69 Å². The highest BCUT2D eigenvalue weighted by atomic mass is 16.7. The first kappa shape index (κ1) is 10.7. The maximum Gasteiger partial charge on any atom is 0.231 e. The molecule has 92 valence electrons. The Balaban J connectivity index is 1.51. The van der Waals surface area contributed by atoms with E-state index in [1.54, 1.807) is 0 Å². The first-order chi connectivity index (χ1) is 8.42. The van der Waals surface area contributed by atoms with Gasteiger partial charge in [0.15, 0.2) is 11.5 Å². The van der Waals surface area contributed by atoms with Crippen molar-refractivity contribution in [1.29, 1.82) is 0 Å². The number of fused-ring (bicyclic) bond motifs is 1. The molecular weight excluding hydrogens is 216 g/mol. The summed E-state index contributed by atoms with van der Waals surface area (Å²) in [5, 5.41) is 6.83. The average molecular weight is 234 g/mol. The third-order valence-electron chi connectivity index (χ3n) is 3.42. The van der Waals surface area contributed by atoms with Gasteiger partial charge in [-0.3, -0.25) is 0 Å². The topological polar surface area (TPSA) is 42.5 Å². The maximum atomic E-state index is 5.35. The molecule has 2 aliphatic rings. The van der Waals surface area contributed by atoms with Gasteiger partial charge in [0.25, 0.3) is 0 Å². The van der Waals surface area contributed by atoms with Gasteiger partial charge in [-0.25, -0.2) is 0 Å². The summed E-state index contributed by atoms with van der Waals surface area (Å²) >= 11 is 0. The number of hydrogen-bond acceptors (Lipinski definition) is 4. The SMILES string of the molecule is c1cc2c(cc1NCCC1CCNC1)OCO2. The Bertz CT molecular complexity index is 389. The van der Waals surface area contributed by atoms with Crippen molar-refractivity contribution in [3.8, 4) is 11.5 Å². The minimum Gasteiger partial charge on any atom is -0.454 e. The predicted molar refractivity (Wildman–Crippen MR) is 66.6 cm³/mol. The average Bonchev–Trinajstić information content (AvgIpc) is 2.98. The van der Waals surface area contributed by atoms with Crippen molar-refractivity contribution in [1.82, 2.24) is 5.32 Å². The van der Waals surface area contributed by atoms with Gasteiger partial charge in [-0.05, 0) is 44.0 Å². The number of hydrogen-bond donors (Lipinski definition) is 2. The number of ether oxygens (including phenoxy) is 2. The summed E-state index contributed by atoms with van der Waals surface area (Å²) < 4.78 is 10.6. The van der Waals surface area contributed by atoms with E-state index in [2.05, 4.69) is 10.6 Å². The van der Waals surface area contributed by atoms with E-state index in [4.69, 9.17) is 9.47 Å². The van der Waals surface area contributed by atoms with E-state index < -0.39 is 0 Å². The second kappa shape index (κ2) is 4.84. The van der Waals surface area contributed by atoms with Crippen LogP contribution in [0.15, 0.2) is 18.2 Å². The smallest absolute Gasteiger partial charge is 0.231 e. The van der Waals surface area contributed by atoms with Crippen LogP contribution in [0.4, 0.5) is 5.69 Å². The lowest BCUT2D eigenvalue weighted by Crippen LogP contribution is -2.12. The summed E-state index contributed by atoms with van der Waals surface area (Å²) in [5.74, 6) is 2.52. The quantitative estimate of drug-likeness (QED) is 0.834. The van der Waals surface area contributed by atoms with E-state index >= 15 is 0 Å². The van der Waals surface area contributed by atoms with Crippen LogP contribution in [0.25, 0.3) is 0 Å². The molecule has 1 atom stereocenters. The molecule has 1 aromatic carbocycles. The third kappa shape index (κ3) is 2.47. The molecule has 0 amide bonds. The normalized spacial score (nSPS) is 21.8. The fourth-order valence-corrected chi connectivity index (χ4v) is 2.39. The zero-order chi connectivity index (χ0) is 11.5. The van der Waals surface area contributed by atoms with Crippen molar-refractivity contribution in [3.05, 3.63) is 18.2 Å². The predicted octanol–water partition coefficient (Wildman–Crippen LogP) is 1.83. The third-order valence-corrected chi connectivity index (χ3v) is 3.42. The summed E-state index contributed by atoms with van der Waals surface area (Å²) in [7, 11) is 0. The van der Waals surface area contributed by atoms with Crippen LogP contribution in [0.1, 0.15) is 12.8 Å². The Labute approximate surface area is 101 Å². The van der Waals surface area contributed by atoms with Crippen LogP contribution >= 0.6 is 0 Å². The summed E-state index contributed by atoms with van der Waals surface area (Å²) in [4.78, 5) is 0. The zero-order valence-electron chi connectivity index (χ0n) is 9.87. The van der Waals surface area contributed by atoms with E-state index in [1.807, 2.05) is 18.2 Å². The van der Waals surface area contributed by atoms with E-state index in [9.17, 15) is 0 Å². The highest BCUT2D eigenvalue weighted by Gasteiger charge is 2.15. The largest absolute Gasteiger partial charge is 0.454 e. The van der Waals surface area contributed by atoms with Crippen LogP contribution in [0.5, 0.6) is 11.5 Å². The number of nitrogens with one attached hydrogen (secondary N) is 2. The summed E-state index contributed by atoms with van der Waals surface area (Å²) in [6.45, 7) is 3.70. The highest BCUT2D eigenvalue weighted by molar-refractivity contribution is 5.55. The first-order valence-corrected chi connectivity index (χ1v) is 6.26. The molecule has 4 heteroatoms. The molecule has 0 aromatic heterocycles. The minimum atomic E-state index is 0.340.